The zero-order valence-electron chi connectivity index (χ0n) is 11.4. The Morgan fingerprint density at radius 1 is 1.29 bits per heavy atom. The molecule has 0 radical (unpaired) electrons. The molecule has 2 fully saturated rings. The summed E-state index contributed by atoms with van der Waals surface area (Å²) in [5.74, 6) is 2.28. The smallest absolute Gasteiger partial charge is 0.223 e. The first-order chi connectivity index (χ1) is 8.20. The van der Waals surface area contributed by atoms with Crippen molar-refractivity contribution in [2.45, 2.75) is 71.3 Å². The molecule has 0 aromatic rings. The van der Waals surface area contributed by atoms with E-state index in [0.717, 1.165) is 18.8 Å². The third-order valence-electron chi connectivity index (χ3n) is 4.70. The van der Waals surface area contributed by atoms with Gasteiger partial charge in [0, 0.05) is 12.0 Å². The van der Waals surface area contributed by atoms with Crippen molar-refractivity contribution in [3.63, 3.8) is 0 Å². The van der Waals surface area contributed by atoms with Crippen LogP contribution < -0.4 is 5.32 Å². The molecule has 1 N–H and O–H groups in total. The SMILES string of the molecule is CCCCC[C@@H](C)NC(=O)[C@@H]1C[C@H]2CC[C@H]1C2. The molecule has 2 rings (SSSR count). The number of fused-ring (bicyclic) bond motifs is 2. The number of hydrogen-bond donors (Lipinski definition) is 1. The lowest BCUT2D eigenvalue weighted by atomic mass is 9.88. The molecule has 0 saturated heterocycles. The number of carbonyl (C=O) groups is 1. The largest absolute Gasteiger partial charge is 0.353 e. The van der Waals surface area contributed by atoms with E-state index < -0.39 is 0 Å². The Labute approximate surface area is 106 Å². The van der Waals surface area contributed by atoms with Gasteiger partial charge in [-0.1, -0.05) is 32.6 Å². The number of amides is 1. The summed E-state index contributed by atoms with van der Waals surface area (Å²) >= 11 is 0. The van der Waals surface area contributed by atoms with Crippen LogP contribution in [0.2, 0.25) is 0 Å². The van der Waals surface area contributed by atoms with Crippen molar-refractivity contribution in [1.82, 2.24) is 5.32 Å². The minimum Gasteiger partial charge on any atom is -0.353 e. The molecule has 2 nitrogen and oxygen atoms in total. The van der Waals surface area contributed by atoms with Gasteiger partial charge < -0.3 is 5.32 Å². The molecule has 4 atom stereocenters. The second kappa shape index (κ2) is 5.88. The number of unbranched alkanes of at least 4 members (excludes halogenated alkanes) is 2. The van der Waals surface area contributed by atoms with E-state index in [9.17, 15) is 4.79 Å². The van der Waals surface area contributed by atoms with Crippen molar-refractivity contribution < 1.29 is 4.79 Å². The van der Waals surface area contributed by atoms with E-state index in [4.69, 9.17) is 0 Å². The van der Waals surface area contributed by atoms with Crippen molar-refractivity contribution >= 4 is 5.91 Å². The van der Waals surface area contributed by atoms with Crippen LogP contribution in [0.3, 0.4) is 0 Å². The van der Waals surface area contributed by atoms with Crippen molar-refractivity contribution in [2.75, 3.05) is 0 Å². The molecular weight excluding hydrogens is 210 g/mol. The van der Waals surface area contributed by atoms with Gasteiger partial charge in [-0.05, 0) is 44.4 Å². The Balaban J connectivity index is 1.70. The molecule has 17 heavy (non-hydrogen) atoms. The Hall–Kier alpha value is -0.530. The predicted octanol–water partition coefficient (Wildman–Crippen LogP) is 3.51. The number of nitrogens with one attached hydrogen (secondary N) is 1. The third-order valence-corrected chi connectivity index (χ3v) is 4.70. The van der Waals surface area contributed by atoms with Crippen molar-refractivity contribution in [3.8, 4) is 0 Å². The van der Waals surface area contributed by atoms with Crippen LogP contribution in [-0.4, -0.2) is 11.9 Å². The maximum Gasteiger partial charge on any atom is 0.223 e. The highest BCUT2D eigenvalue weighted by Crippen LogP contribution is 2.48. The summed E-state index contributed by atoms with van der Waals surface area (Å²) in [5.41, 5.74) is 0. The molecule has 0 unspecified atom stereocenters. The fraction of sp³-hybridized carbons (Fsp3) is 0.933. The van der Waals surface area contributed by atoms with E-state index in [0.29, 0.717) is 23.8 Å². The van der Waals surface area contributed by atoms with Crippen LogP contribution in [0.15, 0.2) is 0 Å². The van der Waals surface area contributed by atoms with E-state index in [1.165, 1.54) is 38.5 Å². The van der Waals surface area contributed by atoms with Crippen LogP contribution in [0, 0.1) is 17.8 Å². The molecule has 0 spiro atoms. The normalized spacial score (nSPS) is 32.7. The molecule has 98 valence electrons. The molecular formula is C15H27NO. The first-order valence-electron chi connectivity index (χ1n) is 7.51. The lowest BCUT2D eigenvalue weighted by molar-refractivity contribution is -0.127. The van der Waals surface area contributed by atoms with Gasteiger partial charge in [-0.3, -0.25) is 4.79 Å². The Morgan fingerprint density at radius 2 is 2.12 bits per heavy atom. The third kappa shape index (κ3) is 3.23. The highest BCUT2D eigenvalue weighted by Gasteiger charge is 2.43. The second-order valence-corrected chi connectivity index (χ2v) is 6.19. The maximum atomic E-state index is 12.2. The zero-order chi connectivity index (χ0) is 12.3. The van der Waals surface area contributed by atoms with Gasteiger partial charge in [-0.25, -0.2) is 0 Å². The summed E-state index contributed by atoms with van der Waals surface area (Å²) < 4.78 is 0. The van der Waals surface area contributed by atoms with Gasteiger partial charge in [0.15, 0.2) is 0 Å². The van der Waals surface area contributed by atoms with Crippen LogP contribution in [0.25, 0.3) is 0 Å². The maximum absolute atomic E-state index is 12.2. The fourth-order valence-corrected chi connectivity index (χ4v) is 3.69. The first-order valence-corrected chi connectivity index (χ1v) is 7.51. The Kier molecular flexibility index (Phi) is 4.47. The number of carbonyl (C=O) groups excluding carboxylic acids is 1. The topological polar surface area (TPSA) is 29.1 Å². The summed E-state index contributed by atoms with van der Waals surface area (Å²) in [6.45, 7) is 4.37. The molecule has 0 heterocycles. The standard InChI is InChI=1S/C15H27NO/c1-3-4-5-6-11(2)16-15(17)14-10-12-7-8-13(14)9-12/h11-14H,3-10H2,1-2H3,(H,16,17)/t11-,12+,13+,14-/m1/s1. The van der Waals surface area contributed by atoms with E-state index in [1.54, 1.807) is 0 Å². The monoisotopic (exact) mass is 237 g/mol. The molecule has 2 heteroatoms. The lowest BCUT2D eigenvalue weighted by Crippen LogP contribution is -2.39. The molecule has 0 aromatic heterocycles. The summed E-state index contributed by atoms with van der Waals surface area (Å²) in [7, 11) is 0. The van der Waals surface area contributed by atoms with Crippen LogP contribution in [0.5, 0.6) is 0 Å². The predicted molar refractivity (Wildman–Crippen MR) is 70.7 cm³/mol. The van der Waals surface area contributed by atoms with Crippen molar-refractivity contribution in [1.29, 1.82) is 0 Å². The molecule has 2 saturated carbocycles. The second-order valence-electron chi connectivity index (χ2n) is 6.19. The fourth-order valence-electron chi connectivity index (χ4n) is 3.69. The van der Waals surface area contributed by atoms with E-state index in [1.807, 2.05) is 0 Å². The van der Waals surface area contributed by atoms with Gasteiger partial charge in [-0.2, -0.15) is 0 Å². The van der Waals surface area contributed by atoms with Gasteiger partial charge in [-0.15, -0.1) is 0 Å². The Bertz CT molecular complexity index is 264. The van der Waals surface area contributed by atoms with Crippen LogP contribution >= 0.6 is 0 Å². The minimum absolute atomic E-state index is 0.348. The van der Waals surface area contributed by atoms with Gasteiger partial charge in [0.05, 0.1) is 0 Å². The van der Waals surface area contributed by atoms with Crippen molar-refractivity contribution in [3.05, 3.63) is 0 Å². The molecule has 2 bridgehead atoms. The summed E-state index contributed by atoms with van der Waals surface area (Å²) in [4.78, 5) is 12.2. The van der Waals surface area contributed by atoms with E-state index in [-0.39, 0.29) is 0 Å². The molecule has 2 aliphatic carbocycles. The van der Waals surface area contributed by atoms with Crippen LogP contribution in [0.1, 0.15) is 65.2 Å². The lowest BCUT2D eigenvalue weighted by Gasteiger charge is -2.23. The highest BCUT2D eigenvalue weighted by atomic mass is 16.2. The Morgan fingerprint density at radius 3 is 2.71 bits per heavy atom. The van der Waals surface area contributed by atoms with Gasteiger partial charge in [0.25, 0.3) is 0 Å². The summed E-state index contributed by atoms with van der Waals surface area (Å²) in [6.07, 6.45) is 10.1. The highest BCUT2D eigenvalue weighted by molar-refractivity contribution is 5.79. The molecule has 1 amide bonds. The summed E-state index contributed by atoms with van der Waals surface area (Å²) in [5, 5.41) is 3.23. The van der Waals surface area contributed by atoms with E-state index >= 15 is 0 Å². The average Bonchev–Trinajstić information content (AvgIpc) is 2.91. The van der Waals surface area contributed by atoms with Gasteiger partial charge in [0.1, 0.15) is 0 Å². The quantitative estimate of drug-likeness (QED) is 0.704. The number of hydrogen-bond acceptors (Lipinski definition) is 1. The van der Waals surface area contributed by atoms with Gasteiger partial charge in [0.2, 0.25) is 5.91 Å². The average molecular weight is 237 g/mol. The van der Waals surface area contributed by atoms with E-state index in [2.05, 4.69) is 19.2 Å². The summed E-state index contributed by atoms with van der Waals surface area (Å²) in [6, 6.07) is 0.369. The van der Waals surface area contributed by atoms with Crippen molar-refractivity contribution in [2.24, 2.45) is 17.8 Å². The molecule has 0 aromatic carbocycles. The van der Waals surface area contributed by atoms with Gasteiger partial charge >= 0.3 is 0 Å². The minimum atomic E-state index is 0.348. The van der Waals surface area contributed by atoms with Crippen LogP contribution in [0.4, 0.5) is 0 Å². The zero-order valence-corrected chi connectivity index (χ0v) is 11.4. The number of rotatable bonds is 6. The molecule has 0 aliphatic heterocycles. The molecule has 2 aliphatic rings. The van der Waals surface area contributed by atoms with Crippen LogP contribution in [-0.2, 0) is 4.79 Å². The first kappa shape index (κ1) is 12.9.